The van der Waals surface area contributed by atoms with Crippen LogP contribution in [0.15, 0.2) is 84.9 Å². The maximum atomic E-state index is 12.0. The normalized spacial score (nSPS) is 14.2. The van der Waals surface area contributed by atoms with Gasteiger partial charge in [0, 0.05) is 23.1 Å². The molecule has 0 radical (unpaired) electrons. The smallest absolute Gasteiger partial charge is 0.330 e. The molecule has 3 aromatic rings. The van der Waals surface area contributed by atoms with Crippen LogP contribution in [-0.4, -0.2) is 12.6 Å². The fourth-order valence-corrected chi connectivity index (χ4v) is 4.74. The Bertz CT molecular complexity index is 1110. The number of hydrogen-bond acceptors (Lipinski definition) is 3. The second-order valence-electron chi connectivity index (χ2n) is 9.63. The van der Waals surface area contributed by atoms with Gasteiger partial charge in [-0.2, -0.15) is 0 Å². The molecule has 0 saturated heterocycles. The molecular weight excluding hydrogens is 430 g/mol. The van der Waals surface area contributed by atoms with Gasteiger partial charge in [0.05, 0.1) is 6.61 Å². The van der Waals surface area contributed by atoms with Gasteiger partial charge in [0.25, 0.3) is 0 Å². The van der Waals surface area contributed by atoms with Crippen LogP contribution in [0.2, 0.25) is 0 Å². The summed E-state index contributed by atoms with van der Waals surface area (Å²) in [6.45, 7) is 4.75. The van der Waals surface area contributed by atoms with Crippen molar-refractivity contribution >= 4 is 23.0 Å². The summed E-state index contributed by atoms with van der Waals surface area (Å²) < 4.78 is 5.42. The van der Waals surface area contributed by atoms with Gasteiger partial charge in [-0.3, -0.25) is 0 Å². The zero-order chi connectivity index (χ0) is 24.5. The standard InChI is InChI=1S/C32H37NO2/c1-25-15-19-31(24-26(25)2)33(29-13-7-4-8-14-29)30-20-16-28(17-21-30)12-9-23-35-32(34)22-18-27-10-5-3-6-11-27/h4,7-8,13-22,24,27H,3,5-6,9-12,23H2,1-2H3/b22-18+. The summed E-state index contributed by atoms with van der Waals surface area (Å²) in [6.07, 6.45) is 11.7. The summed E-state index contributed by atoms with van der Waals surface area (Å²) in [7, 11) is 0. The van der Waals surface area contributed by atoms with E-state index in [1.54, 1.807) is 6.08 Å². The van der Waals surface area contributed by atoms with E-state index in [0.29, 0.717) is 12.5 Å². The summed E-state index contributed by atoms with van der Waals surface area (Å²) in [5, 5.41) is 0. The van der Waals surface area contributed by atoms with Gasteiger partial charge in [-0.25, -0.2) is 4.79 Å². The molecule has 1 saturated carbocycles. The molecule has 0 amide bonds. The Morgan fingerprint density at radius 2 is 1.54 bits per heavy atom. The minimum atomic E-state index is -0.210. The average Bonchev–Trinajstić information content (AvgIpc) is 2.90. The Hall–Kier alpha value is -3.33. The minimum absolute atomic E-state index is 0.210. The molecule has 3 aromatic carbocycles. The van der Waals surface area contributed by atoms with Crippen molar-refractivity contribution in [2.75, 3.05) is 11.5 Å². The lowest BCUT2D eigenvalue weighted by atomic mass is 9.89. The number of ether oxygens (including phenoxy) is 1. The molecule has 3 heteroatoms. The number of nitrogens with zero attached hydrogens (tertiary/aromatic N) is 1. The predicted octanol–water partition coefficient (Wildman–Crippen LogP) is 8.39. The number of carbonyl (C=O) groups excluding carboxylic acids is 1. The quantitative estimate of drug-likeness (QED) is 0.180. The number of anilines is 3. The lowest BCUT2D eigenvalue weighted by Crippen LogP contribution is -2.10. The molecule has 1 aliphatic carbocycles. The SMILES string of the molecule is Cc1ccc(N(c2ccccc2)c2ccc(CCCOC(=O)/C=C/C3CCCCC3)cc2)cc1C. The van der Waals surface area contributed by atoms with E-state index < -0.39 is 0 Å². The van der Waals surface area contributed by atoms with E-state index in [1.165, 1.54) is 48.8 Å². The van der Waals surface area contributed by atoms with Crippen LogP contribution in [0.4, 0.5) is 17.1 Å². The first-order valence-corrected chi connectivity index (χ1v) is 13.0. The molecule has 1 fully saturated rings. The third-order valence-electron chi connectivity index (χ3n) is 6.97. The molecule has 1 aliphatic rings. The zero-order valence-electron chi connectivity index (χ0n) is 21.1. The van der Waals surface area contributed by atoms with E-state index in [-0.39, 0.29) is 5.97 Å². The Balaban J connectivity index is 1.34. The van der Waals surface area contributed by atoms with Crippen molar-refractivity contribution in [3.63, 3.8) is 0 Å². The lowest BCUT2D eigenvalue weighted by molar-refractivity contribution is -0.137. The average molecular weight is 468 g/mol. The molecule has 0 heterocycles. The third-order valence-corrected chi connectivity index (χ3v) is 6.97. The molecule has 0 bridgehead atoms. The first-order chi connectivity index (χ1) is 17.1. The van der Waals surface area contributed by atoms with Gasteiger partial charge in [0.1, 0.15) is 0 Å². The molecule has 0 aromatic heterocycles. The number of rotatable bonds is 9. The Morgan fingerprint density at radius 1 is 0.857 bits per heavy atom. The van der Waals surface area contributed by atoms with Gasteiger partial charge < -0.3 is 9.64 Å². The van der Waals surface area contributed by atoms with Crippen LogP contribution in [0, 0.1) is 19.8 Å². The molecule has 182 valence electrons. The van der Waals surface area contributed by atoms with Gasteiger partial charge in [-0.1, -0.05) is 61.7 Å². The first kappa shape index (κ1) is 24.8. The van der Waals surface area contributed by atoms with Crippen molar-refractivity contribution in [1.29, 1.82) is 0 Å². The van der Waals surface area contributed by atoms with Crippen molar-refractivity contribution in [1.82, 2.24) is 0 Å². The summed E-state index contributed by atoms with van der Waals surface area (Å²) in [5.74, 6) is 0.340. The minimum Gasteiger partial charge on any atom is -0.463 e. The summed E-state index contributed by atoms with van der Waals surface area (Å²) >= 11 is 0. The number of hydrogen-bond donors (Lipinski definition) is 0. The molecule has 35 heavy (non-hydrogen) atoms. The number of esters is 1. The number of carbonyl (C=O) groups is 1. The van der Waals surface area contributed by atoms with Gasteiger partial charge in [0.15, 0.2) is 0 Å². The van der Waals surface area contributed by atoms with E-state index in [0.717, 1.165) is 29.9 Å². The fraction of sp³-hybridized carbons (Fsp3) is 0.344. The van der Waals surface area contributed by atoms with E-state index in [9.17, 15) is 4.79 Å². The van der Waals surface area contributed by atoms with Crippen LogP contribution in [0.3, 0.4) is 0 Å². The van der Waals surface area contributed by atoms with Crippen LogP contribution in [0.25, 0.3) is 0 Å². The van der Waals surface area contributed by atoms with Gasteiger partial charge >= 0.3 is 5.97 Å². The molecule has 0 atom stereocenters. The number of allylic oxidation sites excluding steroid dienone is 1. The second kappa shape index (κ2) is 12.4. The molecule has 3 nitrogen and oxygen atoms in total. The zero-order valence-corrected chi connectivity index (χ0v) is 21.1. The molecule has 4 rings (SSSR count). The lowest BCUT2D eigenvalue weighted by Gasteiger charge is -2.26. The van der Waals surface area contributed by atoms with Gasteiger partial charge in [0.2, 0.25) is 0 Å². The highest BCUT2D eigenvalue weighted by Gasteiger charge is 2.13. The Kier molecular flexibility index (Phi) is 8.78. The summed E-state index contributed by atoms with van der Waals surface area (Å²) in [4.78, 5) is 14.3. The maximum Gasteiger partial charge on any atom is 0.330 e. The highest BCUT2D eigenvalue weighted by Crippen LogP contribution is 2.35. The number of para-hydroxylation sites is 1. The third kappa shape index (κ3) is 7.08. The van der Waals surface area contributed by atoms with E-state index in [2.05, 4.69) is 85.5 Å². The molecule has 0 aliphatic heterocycles. The fourth-order valence-electron chi connectivity index (χ4n) is 4.74. The van der Waals surface area contributed by atoms with Gasteiger partial charge in [-0.05, 0) is 98.5 Å². The van der Waals surface area contributed by atoms with Crippen LogP contribution >= 0.6 is 0 Å². The van der Waals surface area contributed by atoms with E-state index in [4.69, 9.17) is 4.74 Å². The first-order valence-electron chi connectivity index (χ1n) is 13.0. The topological polar surface area (TPSA) is 29.5 Å². The van der Waals surface area contributed by atoms with E-state index >= 15 is 0 Å². The Labute approximate surface area is 210 Å². The molecule has 0 spiro atoms. The largest absolute Gasteiger partial charge is 0.463 e. The molecule has 0 N–H and O–H groups in total. The summed E-state index contributed by atoms with van der Waals surface area (Å²) in [6, 6.07) is 25.8. The monoisotopic (exact) mass is 467 g/mol. The van der Waals surface area contributed by atoms with Crippen molar-refractivity contribution in [3.8, 4) is 0 Å². The van der Waals surface area contributed by atoms with Gasteiger partial charge in [-0.15, -0.1) is 0 Å². The maximum absolute atomic E-state index is 12.0. The van der Waals surface area contributed by atoms with E-state index in [1.807, 2.05) is 12.1 Å². The number of benzene rings is 3. The highest BCUT2D eigenvalue weighted by molar-refractivity contribution is 5.82. The van der Waals surface area contributed by atoms with Crippen LogP contribution in [0.5, 0.6) is 0 Å². The Morgan fingerprint density at radius 3 is 2.26 bits per heavy atom. The number of aryl methyl sites for hydroxylation is 3. The molecule has 0 unspecified atom stereocenters. The van der Waals surface area contributed by atoms with Crippen LogP contribution in [0.1, 0.15) is 55.2 Å². The second-order valence-corrected chi connectivity index (χ2v) is 9.63. The summed E-state index contributed by atoms with van der Waals surface area (Å²) in [5.41, 5.74) is 7.24. The predicted molar refractivity (Wildman–Crippen MR) is 146 cm³/mol. The van der Waals surface area contributed by atoms with Crippen molar-refractivity contribution < 1.29 is 9.53 Å². The van der Waals surface area contributed by atoms with Crippen molar-refractivity contribution in [2.24, 2.45) is 5.92 Å². The van der Waals surface area contributed by atoms with Crippen LogP contribution < -0.4 is 4.90 Å². The van der Waals surface area contributed by atoms with Crippen LogP contribution in [-0.2, 0) is 16.0 Å². The highest BCUT2D eigenvalue weighted by atomic mass is 16.5. The molecular formula is C32H37NO2. The van der Waals surface area contributed by atoms with Crippen molar-refractivity contribution in [3.05, 3.63) is 102 Å². The van der Waals surface area contributed by atoms with Crippen molar-refractivity contribution in [2.45, 2.75) is 58.8 Å².